The van der Waals surface area contributed by atoms with Crippen molar-refractivity contribution in [2.75, 3.05) is 47.5 Å². The molecule has 0 amide bonds. The highest BCUT2D eigenvalue weighted by Crippen LogP contribution is 2.20. The molecule has 576 valence electrons. The van der Waals surface area contributed by atoms with Crippen LogP contribution in [0.4, 0.5) is 0 Å². The van der Waals surface area contributed by atoms with E-state index in [0.29, 0.717) is 23.9 Å². The van der Waals surface area contributed by atoms with Gasteiger partial charge in [0.25, 0.3) is 0 Å². The molecule has 0 aliphatic heterocycles. The minimum atomic E-state index is -1.62. The third-order valence-electron chi connectivity index (χ3n) is 19.1. The average molecular weight is 1390 g/mol. The SMILES string of the molecule is CC/C=C\C/C=C\C/C=C\C/C=C\CCCCCCCCCCCCCCCCCCCCCCCCC(=O)OC(COC(=O)CCCCCCCCCCCCCCCCCCCCCCCCCC/C=C\C/C=C\C/C=C\CCCCCCC)COC(OCC[N+](C)(C)C)C(=O)[O-]. The van der Waals surface area contributed by atoms with Gasteiger partial charge in [-0.2, -0.15) is 0 Å². The number of allylic oxidation sites excluding steroid dienone is 14. The molecule has 2 unspecified atom stereocenters. The largest absolute Gasteiger partial charge is 0.545 e. The van der Waals surface area contributed by atoms with E-state index in [2.05, 4.69) is 98.9 Å². The number of likely N-dealkylation sites (N-methyl/N-ethyl adjacent to an activating group) is 1. The van der Waals surface area contributed by atoms with Gasteiger partial charge in [-0.05, 0) is 89.9 Å². The highest BCUT2D eigenvalue weighted by atomic mass is 16.7. The molecule has 2 atom stereocenters. The van der Waals surface area contributed by atoms with Crippen molar-refractivity contribution in [1.82, 2.24) is 0 Å². The monoisotopic (exact) mass is 1390 g/mol. The maximum Gasteiger partial charge on any atom is 0.306 e. The Morgan fingerprint density at radius 2 is 0.576 bits per heavy atom. The van der Waals surface area contributed by atoms with Crippen molar-refractivity contribution in [3.8, 4) is 0 Å². The number of esters is 2. The molecule has 0 rings (SSSR count). The van der Waals surface area contributed by atoms with Gasteiger partial charge in [0.15, 0.2) is 12.4 Å². The van der Waals surface area contributed by atoms with Crippen LogP contribution in [0.3, 0.4) is 0 Å². The van der Waals surface area contributed by atoms with Gasteiger partial charge in [-0.1, -0.05) is 394 Å². The molecule has 0 aromatic carbocycles. The predicted molar refractivity (Wildman–Crippen MR) is 426 cm³/mol. The van der Waals surface area contributed by atoms with Crippen LogP contribution < -0.4 is 5.11 Å². The number of hydrogen-bond donors (Lipinski definition) is 0. The molecule has 0 bridgehead atoms. The van der Waals surface area contributed by atoms with Gasteiger partial charge in [0.05, 0.1) is 40.3 Å². The fraction of sp³-hybridized carbons (Fsp3) is 0.811. The molecule has 9 heteroatoms. The number of rotatable bonds is 80. The molecular weight excluding hydrogens is 1220 g/mol. The summed E-state index contributed by atoms with van der Waals surface area (Å²) in [5, 5.41) is 11.9. The number of carboxylic acids is 1. The number of aliphatic carboxylic acids is 1. The minimum absolute atomic E-state index is 0.149. The lowest BCUT2D eigenvalue weighted by Crippen LogP contribution is -2.44. The summed E-state index contributed by atoms with van der Waals surface area (Å²) in [6.07, 6.45) is 107. The maximum atomic E-state index is 13.0. The average Bonchev–Trinajstić information content (AvgIpc) is 1.16. The van der Waals surface area contributed by atoms with Gasteiger partial charge in [0, 0.05) is 12.8 Å². The van der Waals surface area contributed by atoms with Gasteiger partial charge >= 0.3 is 11.9 Å². The van der Waals surface area contributed by atoms with Crippen molar-refractivity contribution in [2.24, 2.45) is 0 Å². The van der Waals surface area contributed by atoms with Crippen molar-refractivity contribution in [3.05, 3.63) is 85.1 Å². The van der Waals surface area contributed by atoms with Crippen molar-refractivity contribution < 1.29 is 42.9 Å². The maximum absolute atomic E-state index is 13.0. The Morgan fingerprint density at radius 3 is 0.859 bits per heavy atom. The quantitative estimate of drug-likeness (QED) is 0.0195. The lowest BCUT2D eigenvalue weighted by molar-refractivity contribution is -0.870. The number of unbranched alkanes of at least 4 members (excludes halogenated alkanes) is 51. The van der Waals surface area contributed by atoms with Crippen LogP contribution in [0.15, 0.2) is 85.1 Å². The number of carbonyl (C=O) groups excluding carboxylic acids is 3. The summed E-state index contributed by atoms with van der Waals surface area (Å²) in [5.74, 6) is -2.25. The number of carbonyl (C=O) groups is 3. The van der Waals surface area contributed by atoms with E-state index in [-0.39, 0.29) is 32.2 Å². The number of carboxylic acid groups (broad SMARTS) is 1. The molecule has 0 aromatic rings. The van der Waals surface area contributed by atoms with Crippen LogP contribution in [0.2, 0.25) is 0 Å². The molecule has 0 aliphatic rings. The first kappa shape index (κ1) is 95.5. The molecule has 0 N–H and O–H groups in total. The molecule has 0 spiro atoms. The molecular formula is C90H163NO8. The second-order valence-corrected chi connectivity index (χ2v) is 30.1. The van der Waals surface area contributed by atoms with Gasteiger partial charge in [-0.15, -0.1) is 0 Å². The van der Waals surface area contributed by atoms with Gasteiger partial charge in [-0.25, -0.2) is 0 Å². The van der Waals surface area contributed by atoms with Crippen LogP contribution in [0.5, 0.6) is 0 Å². The fourth-order valence-corrected chi connectivity index (χ4v) is 12.7. The summed E-state index contributed by atoms with van der Waals surface area (Å²) in [6.45, 7) is 4.69. The van der Waals surface area contributed by atoms with Gasteiger partial charge < -0.3 is 33.3 Å². The standard InChI is InChI=1S/C90H163NO8/c1-6-8-10-12-14-16-18-20-22-24-26-28-30-32-34-36-38-40-42-43-44-45-47-48-50-52-54-56-58-60-62-64-66-68-70-72-74-76-78-80-87(92)97-84-86(85-98-90(89(94)95)96-83-82-91(3,4)5)99-88(93)81-79-77-75-73-71-69-67-65-63-61-59-57-55-53-51-49-46-41-39-37-35-33-31-29-27-25-23-21-19-17-15-13-11-9-7-2/h9,11,15,17-18,20-21,23-24,26-27,29-30,32,86,90H,6-8,10,12-14,16,19,22,25,28,31,33-85H2,1-5H3/b11-9-,17-15-,20-18-,23-21-,26-24-,29-27-,32-30-. The zero-order valence-electron chi connectivity index (χ0n) is 66.1. The third kappa shape index (κ3) is 81.6. The van der Waals surface area contributed by atoms with Crippen LogP contribution in [0.25, 0.3) is 0 Å². The Bertz CT molecular complexity index is 1910. The van der Waals surface area contributed by atoms with E-state index in [4.69, 9.17) is 18.9 Å². The van der Waals surface area contributed by atoms with E-state index in [1.165, 1.54) is 308 Å². The Balaban J connectivity index is 3.94. The zero-order chi connectivity index (χ0) is 71.8. The predicted octanol–water partition coefficient (Wildman–Crippen LogP) is 26.4. The van der Waals surface area contributed by atoms with Crippen molar-refractivity contribution in [3.63, 3.8) is 0 Å². The smallest absolute Gasteiger partial charge is 0.306 e. The topological polar surface area (TPSA) is 111 Å². The second kappa shape index (κ2) is 80.2. The minimum Gasteiger partial charge on any atom is -0.545 e. The van der Waals surface area contributed by atoms with E-state index in [1.54, 1.807) is 0 Å². The Labute approximate surface area is 614 Å². The zero-order valence-corrected chi connectivity index (χ0v) is 66.1. The van der Waals surface area contributed by atoms with Gasteiger partial charge in [0.2, 0.25) is 0 Å². The van der Waals surface area contributed by atoms with E-state index in [0.717, 1.165) is 70.6 Å². The van der Waals surface area contributed by atoms with Crippen LogP contribution in [-0.4, -0.2) is 82.3 Å². The van der Waals surface area contributed by atoms with Crippen LogP contribution in [0, 0.1) is 0 Å². The third-order valence-corrected chi connectivity index (χ3v) is 19.1. The molecule has 0 heterocycles. The highest BCUT2D eigenvalue weighted by molar-refractivity contribution is 5.70. The molecule has 0 radical (unpaired) electrons. The van der Waals surface area contributed by atoms with Crippen LogP contribution in [-0.2, 0) is 33.3 Å². The van der Waals surface area contributed by atoms with E-state index >= 15 is 0 Å². The Morgan fingerprint density at radius 1 is 0.313 bits per heavy atom. The lowest BCUT2D eigenvalue weighted by atomic mass is 10.0. The first-order valence-corrected chi connectivity index (χ1v) is 42.7. The molecule has 0 aromatic heterocycles. The van der Waals surface area contributed by atoms with Crippen molar-refractivity contribution in [2.45, 2.75) is 424 Å². The fourth-order valence-electron chi connectivity index (χ4n) is 12.7. The van der Waals surface area contributed by atoms with Gasteiger partial charge in [-0.3, -0.25) is 9.59 Å². The molecule has 0 saturated heterocycles. The number of quaternary nitrogens is 1. The number of ether oxygens (including phenoxy) is 4. The summed E-state index contributed by atoms with van der Waals surface area (Å²) < 4.78 is 22.9. The summed E-state index contributed by atoms with van der Waals surface area (Å²) >= 11 is 0. The van der Waals surface area contributed by atoms with Crippen LogP contribution in [0.1, 0.15) is 412 Å². The molecule has 0 saturated carbocycles. The normalized spacial score (nSPS) is 13.0. The lowest BCUT2D eigenvalue weighted by Gasteiger charge is -2.26. The molecule has 0 fully saturated rings. The summed E-state index contributed by atoms with van der Waals surface area (Å²) in [5.41, 5.74) is 0. The molecule has 99 heavy (non-hydrogen) atoms. The van der Waals surface area contributed by atoms with Crippen molar-refractivity contribution >= 4 is 17.9 Å². The van der Waals surface area contributed by atoms with Crippen molar-refractivity contribution in [1.29, 1.82) is 0 Å². The molecule has 0 aliphatic carbocycles. The van der Waals surface area contributed by atoms with E-state index in [9.17, 15) is 19.5 Å². The summed E-state index contributed by atoms with van der Waals surface area (Å²) in [4.78, 5) is 37.7. The van der Waals surface area contributed by atoms with E-state index < -0.39 is 24.3 Å². The van der Waals surface area contributed by atoms with Gasteiger partial charge in [0.1, 0.15) is 13.2 Å². The number of nitrogens with zero attached hydrogens (tertiary/aromatic N) is 1. The number of hydrogen-bond acceptors (Lipinski definition) is 8. The van der Waals surface area contributed by atoms with Crippen LogP contribution >= 0.6 is 0 Å². The molecule has 9 nitrogen and oxygen atoms in total. The summed E-state index contributed by atoms with van der Waals surface area (Å²) in [6, 6.07) is 0. The second-order valence-electron chi connectivity index (χ2n) is 30.1. The first-order chi connectivity index (χ1) is 48.6. The summed E-state index contributed by atoms with van der Waals surface area (Å²) in [7, 11) is 5.95. The Hall–Kier alpha value is -3.53. The highest BCUT2D eigenvalue weighted by Gasteiger charge is 2.22. The Kier molecular flexibility index (Phi) is 77.3. The first-order valence-electron chi connectivity index (χ1n) is 42.7. The van der Waals surface area contributed by atoms with E-state index in [1.807, 2.05) is 21.1 Å².